The lowest BCUT2D eigenvalue weighted by atomic mass is 10.0. The third-order valence-corrected chi connectivity index (χ3v) is 3.78. The summed E-state index contributed by atoms with van der Waals surface area (Å²) in [5.74, 6) is -0.631. The number of aromatic nitrogens is 4. The molecule has 0 amide bonds. The van der Waals surface area contributed by atoms with Gasteiger partial charge in [-0.1, -0.05) is 0 Å². The van der Waals surface area contributed by atoms with Crippen molar-refractivity contribution in [2.75, 3.05) is 31.8 Å². The Labute approximate surface area is 143 Å². The van der Waals surface area contributed by atoms with E-state index in [2.05, 4.69) is 20.4 Å². The van der Waals surface area contributed by atoms with Gasteiger partial charge >= 0.3 is 6.18 Å². The number of nitrogens with one attached hydrogen (secondary N) is 1. The van der Waals surface area contributed by atoms with Crippen molar-refractivity contribution in [3.8, 4) is 11.3 Å². The number of hydrogen-bond acceptors (Lipinski definition) is 6. The van der Waals surface area contributed by atoms with Gasteiger partial charge in [0.1, 0.15) is 11.4 Å². The third kappa shape index (κ3) is 3.53. The standard InChI is InChI=1S/C15H21F3N6O/c1-8-9(6-21-24(8)14(2,3)7-25-5)11-10(15(16,17)18)12(20-4)23-13(19)22-11/h6H,7H2,1-5H3,(H3,19,20,22,23). The predicted molar refractivity (Wildman–Crippen MR) is 88.1 cm³/mol. The van der Waals surface area contributed by atoms with E-state index >= 15 is 0 Å². The first-order valence-corrected chi connectivity index (χ1v) is 7.49. The highest BCUT2D eigenvalue weighted by Gasteiger charge is 2.40. The second-order valence-electron chi connectivity index (χ2n) is 6.20. The lowest BCUT2D eigenvalue weighted by Crippen LogP contribution is -2.33. The molecule has 10 heteroatoms. The van der Waals surface area contributed by atoms with Gasteiger partial charge in [-0.25, -0.2) is 4.98 Å². The fourth-order valence-electron chi connectivity index (χ4n) is 2.79. The van der Waals surface area contributed by atoms with Gasteiger partial charge in [0.05, 0.1) is 24.0 Å². The van der Waals surface area contributed by atoms with Crippen molar-refractivity contribution in [1.29, 1.82) is 0 Å². The van der Waals surface area contributed by atoms with Crippen molar-refractivity contribution in [1.82, 2.24) is 19.7 Å². The van der Waals surface area contributed by atoms with E-state index in [-0.39, 0.29) is 23.0 Å². The highest BCUT2D eigenvalue weighted by molar-refractivity contribution is 5.72. The zero-order chi connectivity index (χ0) is 19.0. The fraction of sp³-hybridized carbons (Fsp3) is 0.533. The molecule has 2 aromatic heterocycles. The number of alkyl halides is 3. The van der Waals surface area contributed by atoms with Crippen LogP contribution in [0.2, 0.25) is 0 Å². The van der Waals surface area contributed by atoms with E-state index in [0.29, 0.717) is 12.3 Å². The molecule has 0 aliphatic carbocycles. The summed E-state index contributed by atoms with van der Waals surface area (Å²) in [6.07, 6.45) is -3.30. The largest absolute Gasteiger partial charge is 0.422 e. The average Bonchev–Trinajstić information content (AvgIpc) is 2.87. The lowest BCUT2D eigenvalue weighted by Gasteiger charge is -2.26. The molecule has 0 saturated heterocycles. The number of nitrogens with two attached hydrogens (primary N) is 1. The van der Waals surface area contributed by atoms with E-state index in [1.807, 2.05) is 13.8 Å². The first kappa shape index (κ1) is 19.0. The van der Waals surface area contributed by atoms with Gasteiger partial charge in [-0.3, -0.25) is 4.68 Å². The second kappa shape index (κ2) is 6.51. The van der Waals surface area contributed by atoms with Gasteiger partial charge < -0.3 is 15.8 Å². The van der Waals surface area contributed by atoms with Crippen LogP contribution in [-0.2, 0) is 16.5 Å². The summed E-state index contributed by atoms with van der Waals surface area (Å²) in [5, 5.41) is 6.67. The van der Waals surface area contributed by atoms with Gasteiger partial charge in [0.2, 0.25) is 5.95 Å². The zero-order valence-corrected chi connectivity index (χ0v) is 14.7. The first-order valence-electron chi connectivity index (χ1n) is 7.49. The summed E-state index contributed by atoms with van der Waals surface area (Å²) < 4.78 is 47.6. The normalized spacial score (nSPS) is 12.5. The molecule has 138 valence electrons. The molecule has 0 aliphatic rings. The molecule has 0 bridgehead atoms. The SMILES string of the molecule is CNc1nc(N)nc(-c2cnn(C(C)(C)COC)c2C)c1C(F)(F)F. The third-order valence-electron chi connectivity index (χ3n) is 3.78. The van der Waals surface area contributed by atoms with Crippen LogP contribution in [0.4, 0.5) is 24.9 Å². The van der Waals surface area contributed by atoms with Gasteiger partial charge in [-0.05, 0) is 20.8 Å². The van der Waals surface area contributed by atoms with Crippen molar-refractivity contribution in [2.24, 2.45) is 0 Å². The van der Waals surface area contributed by atoms with Crippen LogP contribution in [0, 0.1) is 6.92 Å². The molecule has 0 spiro atoms. The first-order chi connectivity index (χ1) is 11.5. The number of rotatable bonds is 5. The van der Waals surface area contributed by atoms with Gasteiger partial charge in [0.15, 0.2) is 0 Å². The minimum absolute atomic E-state index is 0.238. The number of anilines is 2. The van der Waals surface area contributed by atoms with Gasteiger partial charge in [-0.2, -0.15) is 23.3 Å². The van der Waals surface area contributed by atoms with E-state index in [1.54, 1.807) is 18.7 Å². The van der Waals surface area contributed by atoms with Crippen molar-refractivity contribution in [3.05, 3.63) is 17.5 Å². The topological polar surface area (TPSA) is 90.9 Å². The van der Waals surface area contributed by atoms with Crippen molar-refractivity contribution < 1.29 is 17.9 Å². The molecule has 2 rings (SSSR count). The predicted octanol–water partition coefficient (Wildman–Crippen LogP) is 2.67. The molecule has 3 N–H and O–H groups in total. The van der Waals surface area contributed by atoms with Gasteiger partial charge in [0.25, 0.3) is 0 Å². The van der Waals surface area contributed by atoms with E-state index in [9.17, 15) is 13.2 Å². The Morgan fingerprint density at radius 2 is 1.92 bits per heavy atom. The second-order valence-corrected chi connectivity index (χ2v) is 6.20. The van der Waals surface area contributed by atoms with Crippen LogP contribution in [0.25, 0.3) is 11.3 Å². The van der Waals surface area contributed by atoms with Crippen molar-refractivity contribution >= 4 is 11.8 Å². The molecular formula is C15H21F3N6O. The van der Waals surface area contributed by atoms with Crippen LogP contribution in [0.3, 0.4) is 0 Å². The zero-order valence-electron chi connectivity index (χ0n) is 14.7. The van der Waals surface area contributed by atoms with Gasteiger partial charge in [0, 0.05) is 25.4 Å². The number of nitrogens with zero attached hydrogens (tertiary/aromatic N) is 4. The summed E-state index contributed by atoms with van der Waals surface area (Å²) in [6, 6.07) is 0. The minimum Gasteiger partial charge on any atom is -0.382 e. The maximum atomic E-state index is 13.6. The van der Waals surface area contributed by atoms with Crippen molar-refractivity contribution in [3.63, 3.8) is 0 Å². The molecule has 0 radical (unpaired) electrons. The number of ether oxygens (including phenoxy) is 1. The Hall–Kier alpha value is -2.36. The van der Waals surface area contributed by atoms with E-state index in [0.717, 1.165) is 0 Å². The highest BCUT2D eigenvalue weighted by atomic mass is 19.4. The molecule has 7 nitrogen and oxygen atoms in total. The number of nitrogen functional groups attached to an aromatic ring is 1. The number of halogens is 3. The van der Waals surface area contributed by atoms with Crippen LogP contribution in [-0.4, -0.2) is 40.5 Å². The van der Waals surface area contributed by atoms with E-state index in [4.69, 9.17) is 10.5 Å². The molecule has 2 aromatic rings. The Kier molecular flexibility index (Phi) is 4.94. The molecule has 0 unspecified atom stereocenters. The summed E-state index contributed by atoms with van der Waals surface area (Å²) in [6.45, 7) is 5.77. The smallest absolute Gasteiger partial charge is 0.382 e. The highest BCUT2D eigenvalue weighted by Crippen LogP contribution is 2.41. The Morgan fingerprint density at radius 3 is 2.44 bits per heavy atom. The molecule has 25 heavy (non-hydrogen) atoms. The Balaban J connectivity index is 2.72. The Bertz CT molecular complexity index is 769. The molecule has 0 atom stereocenters. The number of hydrogen-bond donors (Lipinski definition) is 2. The van der Waals surface area contributed by atoms with Crippen molar-refractivity contribution in [2.45, 2.75) is 32.5 Å². The molecule has 2 heterocycles. The maximum absolute atomic E-state index is 13.6. The molecular weight excluding hydrogens is 337 g/mol. The van der Waals surface area contributed by atoms with E-state index in [1.165, 1.54) is 13.2 Å². The van der Waals surface area contributed by atoms with Crippen LogP contribution >= 0.6 is 0 Å². The van der Waals surface area contributed by atoms with Crippen LogP contribution in [0.1, 0.15) is 25.1 Å². The Morgan fingerprint density at radius 1 is 1.28 bits per heavy atom. The summed E-state index contributed by atoms with van der Waals surface area (Å²) in [4.78, 5) is 7.49. The van der Waals surface area contributed by atoms with Crippen LogP contribution < -0.4 is 11.1 Å². The number of methoxy groups -OCH3 is 1. The maximum Gasteiger partial charge on any atom is 0.422 e. The molecule has 0 aliphatic heterocycles. The molecule has 0 saturated carbocycles. The average molecular weight is 358 g/mol. The van der Waals surface area contributed by atoms with E-state index < -0.39 is 17.3 Å². The monoisotopic (exact) mass is 358 g/mol. The summed E-state index contributed by atoms with van der Waals surface area (Å²) >= 11 is 0. The fourth-order valence-corrected chi connectivity index (χ4v) is 2.79. The van der Waals surface area contributed by atoms with Crippen LogP contribution in [0.5, 0.6) is 0 Å². The summed E-state index contributed by atoms with van der Waals surface area (Å²) in [5.41, 5.74) is 4.54. The minimum atomic E-state index is -4.65. The van der Waals surface area contributed by atoms with Crippen LogP contribution in [0.15, 0.2) is 6.20 Å². The molecule has 0 fully saturated rings. The van der Waals surface area contributed by atoms with Gasteiger partial charge in [-0.15, -0.1) is 0 Å². The molecule has 0 aromatic carbocycles. The lowest BCUT2D eigenvalue weighted by molar-refractivity contribution is -0.136. The summed E-state index contributed by atoms with van der Waals surface area (Å²) in [7, 11) is 2.90. The quantitative estimate of drug-likeness (QED) is 0.854.